The van der Waals surface area contributed by atoms with Crippen LogP contribution in [0.15, 0.2) is 58.8 Å². The fourth-order valence-corrected chi connectivity index (χ4v) is 3.16. The van der Waals surface area contributed by atoms with Crippen molar-refractivity contribution in [1.29, 1.82) is 0 Å². The third kappa shape index (κ3) is 4.30. The lowest BCUT2D eigenvalue weighted by Crippen LogP contribution is -2.34. The molecular weight excluding hydrogens is 298 g/mol. The van der Waals surface area contributed by atoms with Gasteiger partial charge in [-0.2, -0.15) is 5.10 Å². The number of rotatable bonds is 8. The van der Waals surface area contributed by atoms with Gasteiger partial charge in [0.05, 0.1) is 25.5 Å². The number of aliphatic hydroxyl groups excluding tert-OH is 1. The van der Waals surface area contributed by atoms with Gasteiger partial charge in [0.1, 0.15) is 5.76 Å². The van der Waals surface area contributed by atoms with Crippen LogP contribution in [0.4, 0.5) is 0 Å². The van der Waals surface area contributed by atoms with Crippen LogP contribution in [0.3, 0.4) is 0 Å². The van der Waals surface area contributed by atoms with E-state index in [1.54, 1.807) is 28.5 Å². The van der Waals surface area contributed by atoms with Crippen LogP contribution in [-0.2, 0) is 19.6 Å². The first-order valence-electron chi connectivity index (χ1n) is 7.22. The standard InChI is InChI=1S/C16H19N3O2S/c20-14(11-19-7-3-6-17-19)10-18(12-15-4-1-8-21-15)13-16-5-2-9-22-16/h1-9,14,20H,10-13H2. The van der Waals surface area contributed by atoms with Crippen molar-refractivity contribution in [2.75, 3.05) is 6.54 Å². The Morgan fingerprint density at radius 2 is 2.23 bits per heavy atom. The predicted octanol–water partition coefficient (Wildman–Crippen LogP) is 2.60. The van der Waals surface area contributed by atoms with Gasteiger partial charge in [-0.3, -0.25) is 9.58 Å². The molecule has 0 aliphatic carbocycles. The Kier molecular flexibility index (Phi) is 5.05. The lowest BCUT2D eigenvalue weighted by atomic mass is 10.3. The molecule has 0 spiro atoms. The zero-order chi connectivity index (χ0) is 15.2. The fraction of sp³-hybridized carbons (Fsp3) is 0.312. The second-order valence-electron chi connectivity index (χ2n) is 5.21. The van der Waals surface area contributed by atoms with Crippen molar-refractivity contribution in [1.82, 2.24) is 14.7 Å². The lowest BCUT2D eigenvalue weighted by molar-refractivity contribution is 0.0849. The van der Waals surface area contributed by atoms with Gasteiger partial charge in [-0.1, -0.05) is 6.07 Å². The van der Waals surface area contributed by atoms with Gasteiger partial charge in [0.25, 0.3) is 0 Å². The number of thiophene rings is 1. The number of furan rings is 1. The van der Waals surface area contributed by atoms with Crippen LogP contribution in [0.1, 0.15) is 10.6 Å². The maximum absolute atomic E-state index is 10.3. The molecule has 3 heterocycles. The molecule has 5 nitrogen and oxygen atoms in total. The van der Waals surface area contributed by atoms with Crippen molar-refractivity contribution < 1.29 is 9.52 Å². The molecule has 3 rings (SSSR count). The van der Waals surface area contributed by atoms with Crippen LogP contribution >= 0.6 is 11.3 Å². The van der Waals surface area contributed by atoms with E-state index in [2.05, 4.69) is 21.4 Å². The van der Waals surface area contributed by atoms with E-state index in [0.717, 1.165) is 12.3 Å². The highest BCUT2D eigenvalue weighted by atomic mass is 32.1. The number of nitrogens with zero attached hydrogens (tertiary/aromatic N) is 3. The van der Waals surface area contributed by atoms with E-state index < -0.39 is 6.10 Å². The van der Waals surface area contributed by atoms with Crippen LogP contribution in [0.25, 0.3) is 0 Å². The molecule has 0 fully saturated rings. The van der Waals surface area contributed by atoms with Crippen LogP contribution in [0, 0.1) is 0 Å². The second-order valence-corrected chi connectivity index (χ2v) is 6.24. The molecule has 0 saturated carbocycles. The Morgan fingerprint density at radius 1 is 1.27 bits per heavy atom. The summed E-state index contributed by atoms with van der Waals surface area (Å²) in [4.78, 5) is 3.47. The Bertz CT molecular complexity index is 599. The average Bonchev–Trinajstić information content (AvgIpc) is 3.20. The molecule has 1 atom stereocenters. The summed E-state index contributed by atoms with van der Waals surface area (Å²) in [6, 6.07) is 9.87. The molecule has 1 unspecified atom stereocenters. The topological polar surface area (TPSA) is 54.4 Å². The van der Waals surface area contributed by atoms with Crippen molar-refractivity contribution in [3.8, 4) is 0 Å². The molecule has 0 saturated heterocycles. The summed E-state index contributed by atoms with van der Waals surface area (Å²) in [7, 11) is 0. The Balaban J connectivity index is 1.61. The predicted molar refractivity (Wildman–Crippen MR) is 85.4 cm³/mol. The minimum atomic E-state index is -0.477. The molecule has 3 aromatic rings. The molecule has 0 radical (unpaired) electrons. The van der Waals surface area contributed by atoms with Gasteiger partial charge in [-0.05, 0) is 29.6 Å². The maximum atomic E-state index is 10.3. The Morgan fingerprint density at radius 3 is 2.91 bits per heavy atom. The summed E-state index contributed by atoms with van der Waals surface area (Å²) in [5.41, 5.74) is 0. The number of aromatic nitrogens is 2. The minimum absolute atomic E-state index is 0.477. The largest absolute Gasteiger partial charge is 0.468 e. The summed E-state index contributed by atoms with van der Waals surface area (Å²) in [5, 5.41) is 16.5. The van der Waals surface area contributed by atoms with Gasteiger partial charge in [-0.15, -0.1) is 11.3 Å². The molecule has 0 bridgehead atoms. The van der Waals surface area contributed by atoms with Gasteiger partial charge < -0.3 is 9.52 Å². The molecule has 116 valence electrons. The van der Waals surface area contributed by atoms with Crippen molar-refractivity contribution in [2.24, 2.45) is 0 Å². The zero-order valence-electron chi connectivity index (χ0n) is 12.2. The van der Waals surface area contributed by atoms with Crippen LogP contribution in [-0.4, -0.2) is 32.4 Å². The highest BCUT2D eigenvalue weighted by molar-refractivity contribution is 7.09. The molecule has 1 N–H and O–H groups in total. The maximum Gasteiger partial charge on any atom is 0.117 e. The monoisotopic (exact) mass is 317 g/mol. The van der Waals surface area contributed by atoms with Crippen LogP contribution in [0.2, 0.25) is 0 Å². The van der Waals surface area contributed by atoms with Gasteiger partial charge in [0, 0.05) is 30.4 Å². The van der Waals surface area contributed by atoms with E-state index in [4.69, 9.17) is 4.42 Å². The van der Waals surface area contributed by atoms with E-state index in [1.807, 2.05) is 30.5 Å². The van der Waals surface area contributed by atoms with Gasteiger partial charge in [0.2, 0.25) is 0 Å². The first-order valence-corrected chi connectivity index (χ1v) is 8.10. The van der Waals surface area contributed by atoms with Crippen LogP contribution < -0.4 is 0 Å². The number of hydrogen-bond donors (Lipinski definition) is 1. The van der Waals surface area contributed by atoms with Crippen LogP contribution in [0.5, 0.6) is 0 Å². The molecule has 0 aliphatic heterocycles. The lowest BCUT2D eigenvalue weighted by Gasteiger charge is -2.23. The minimum Gasteiger partial charge on any atom is -0.468 e. The number of aliphatic hydroxyl groups is 1. The van der Waals surface area contributed by atoms with E-state index >= 15 is 0 Å². The Labute approximate surface area is 133 Å². The van der Waals surface area contributed by atoms with E-state index in [-0.39, 0.29) is 0 Å². The average molecular weight is 317 g/mol. The second kappa shape index (κ2) is 7.40. The summed E-state index contributed by atoms with van der Waals surface area (Å²) in [5.74, 6) is 0.905. The fourth-order valence-electron chi connectivity index (χ4n) is 2.41. The molecule has 6 heteroatoms. The highest BCUT2D eigenvalue weighted by Gasteiger charge is 2.15. The Hall–Kier alpha value is -1.89. The smallest absolute Gasteiger partial charge is 0.117 e. The van der Waals surface area contributed by atoms with E-state index in [9.17, 15) is 5.11 Å². The summed E-state index contributed by atoms with van der Waals surface area (Å²) in [6.07, 6.45) is 4.78. The van der Waals surface area contributed by atoms with Gasteiger partial charge in [-0.25, -0.2) is 0 Å². The third-order valence-electron chi connectivity index (χ3n) is 3.35. The molecule has 22 heavy (non-hydrogen) atoms. The van der Waals surface area contributed by atoms with Gasteiger partial charge in [0.15, 0.2) is 0 Å². The number of hydrogen-bond acceptors (Lipinski definition) is 5. The van der Waals surface area contributed by atoms with Crippen molar-refractivity contribution in [3.63, 3.8) is 0 Å². The first-order chi connectivity index (χ1) is 10.8. The molecule has 0 aliphatic rings. The van der Waals surface area contributed by atoms with Crippen molar-refractivity contribution in [2.45, 2.75) is 25.7 Å². The van der Waals surface area contributed by atoms with Crippen molar-refractivity contribution in [3.05, 3.63) is 65.0 Å². The van der Waals surface area contributed by atoms with Crippen molar-refractivity contribution >= 4 is 11.3 Å². The molecular formula is C16H19N3O2S. The van der Waals surface area contributed by atoms with Gasteiger partial charge >= 0.3 is 0 Å². The summed E-state index contributed by atoms with van der Waals surface area (Å²) < 4.78 is 7.18. The highest BCUT2D eigenvalue weighted by Crippen LogP contribution is 2.15. The molecule has 0 aromatic carbocycles. The SMILES string of the molecule is OC(CN(Cc1ccco1)Cc1cccs1)Cn1cccn1. The first kappa shape index (κ1) is 15.0. The zero-order valence-corrected chi connectivity index (χ0v) is 13.0. The normalized spacial score (nSPS) is 12.8. The van der Waals surface area contributed by atoms with E-state index in [0.29, 0.717) is 19.6 Å². The summed E-state index contributed by atoms with van der Waals surface area (Å²) >= 11 is 1.72. The molecule has 0 amide bonds. The third-order valence-corrected chi connectivity index (χ3v) is 4.21. The van der Waals surface area contributed by atoms with E-state index in [1.165, 1.54) is 4.88 Å². The molecule has 3 aromatic heterocycles. The quantitative estimate of drug-likeness (QED) is 0.694. The summed E-state index contributed by atoms with van der Waals surface area (Å²) in [6.45, 7) is 2.54.